The van der Waals surface area contributed by atoms with E-state index >= 15 is 0 Å². The van der Waals surface area contributed by atoms with Crippen molar-refractivity contribution >= 4 is 50.3 Å². The third-order valence-electron chi connectivity index (χ3n) is 8.54. The van der Waals surface area contributed by atoms with Gasteiger partial charge in [-0.3, -0.25) is 4.57 Å². The normalized spacial score (nSPS) is 12.8. The third kappa shape index (κ3) is 3.04. The second-order valence-electron chi connectivity index (χ2n) is 10.9. The van der Waals surface area contributed by atoms with E-state index in [1.54, 1.807) is 0 Å². The van der Waals surface area contributed by atoms with Crippen molar-refractivity contribution in [3.05, 3.63) is 127 Å². The Kier molecular flexibility index (Phi) is 4.36. The molecule has 0 bridgehead atoms. The molecule has 6 aromatic carbocycles. The summed E-state index contributed by atoms with van der Waals surface area (Å²) in [7, 11) is 0. The zero-order valence-electron chi connectivity index (χ0n) is 22.8. The van der Waals surface area contributed by atoms with Crippen LogP contribution in [0.15, 0.2) is 127 Å². The molecule has 0 N–H and O–H groups in total. The van der Waals surface area contributed by atoms with Crippen molar-refractivity contribution < 1.29 is 4.74 Å². The lowest BCUT2D eigenvalue weighted by atomic mass is 9.96. The van der Waals surface area contributed by atoms with E-state index in [9.17, 15) is 0 Å². The van der Waals surface area contributed by atoms with Gasteiger partial charge in [0.2, 0.25) is 11.9 Å². The molecule has 0 amide bonds. The zero-order chi connectivity index (χ0) is 28.1. The van der Waals surface area contributed by atoms with Crippen LogP contribution < -0.4 is 9.64 Å². The van der Waals surface area contributed by atoms with Crippen LogP contribution >= 0.6 is 0 Å². The van der Waals surface area contributed by atoms with Crippen LogP contribution in [0.4, 0.5) is 17.6 Å². The quantitative estimate of drug-likeness (QED) is 0.203. The molecule has 0 radical (unpaired) electrons. The van der Waals surface area contributed by atoms with Gasteiger partial charge in [0.05, 0.1) is 39.0 Å². The molecular weight excluding hydrogens is 530 g/mol. The SMILES string of the molecule is c1ccc2c(c1)Oc1cccc3nc(N4c5c(ccc6ccccc56)-c5ccccc5-n5c4nc4ccccc45)nc-2c13. The molecule has 10 rings (SSSR count). The fourth-order valence-electron chi connectivity index (χ4n) is 6.69. The Bertz CT molecular complexity index is 2460. The van der Waals surface area contributed by atoms with E-state index in [-0.39, 0.29) is 0 Å². The molecule has 0 saturated carbocycles. The number of para-hydroxylation sites is 4. The van der Waals surface area contributed by atoms with Gasteiger partial charge in [-0.25, -0.2) is 19.9 Å². The number of hydrogen-bond acceptors (Lipinski definition) is 5. The van der Waals surface area contributed by atoms with E-state index in [2.05, 4.69) is 94.4 Å². The van der Waals surface area contributed by atoms with Crippen LogP contribution in [0.25, 0.3) is 60.8 Å². The van der Waals surface area contributed by atoms with E-state index in [0.29, 0.717) is 5.95 Å². The number of imidazole rings is 1. The van der Waals surface area contributed by atoms with Crippen molar-refractivity contribution in [2.75, 3.05) is 4.90 Å². The van der Waals surface area contributed by atoms with Crippen LogP contribution in [0.3, 0.4) is 0 Å². The van der Waals surface area contributed by atoms with Gasteiger partial charge in [0, 0.05) is 22.1 Å². The van der Waals surface area contributed by atoms with Crippen LogP contribution in [0.2, 0.25) is 0 Å². The smallest absolute Gasteiger partial charge is 0.238 e. The number of anilines is 3. The van der Waals surface area contributed by atoms with Crippen molar-refractivity contribution in [2.45, 2.75) is 0 Å². The molecule has 4 heterocycles. The summed E-state index contributed by atoms with van der Waals surface area (Å²) >= 11 is 0. The maximum absolute atomic E-state index is 6.30. The van der Waals surface area contributed by atoms with Gasteiger partial charge in [0.1, 0.15) is 11.5 Å². The summed E-state index contributed by atoms with van der Waals surface area (Å²) in [5.74, 6) is 2.85. The van der Waals surface area contributed by atoms with E-state index in [1.165, 1.54) is 0 Å². The Balaban J connectivity index is 1.40. The minimum absolute atomic E-state index is 0.554. The monoisotopic (exact) mass is 551 g/mol. The minimum atomic E-state index is 0.554. The molecule has 0 aliphatic carbocycles. The number of ether oxygens (including phenoxy) is 1. The Morgan fingerprint density at radius 1 is 0.535 bits per heavy atom. The number of nitrogens with zero attached hydrogens (tertiary/aromatic N) is 5. The Hall–Kier alpha value is -6.01. The molecule has 6 heteroatoms. The third-order valence-corrected chi connectivity index (χ3v) is 8.54. The summed E-state index contributed by atoms with van der Waals surface area (Å²) in [6, 6.07) is 43.8. The number of benzene rings is 6. The summed E-state index contributed by atoms with van der Waals surface area (Å²) in [5.41, 5.74) is 8.83. The summed E-state index contributed by atoms with van der Waals surface area (Å²) in [6.07, 6.45) is 0. The molecule has 0 unspecified atom stereocenters. The van der Waals surface area contributed by atoms with Gasteiger partial charge in [0.25, 0.3) is 0 Å². The van der Waals surface area contributed by atoms with Crippen molar-refractivity contribution in [1.82, 2.24) is 19.5 Å². The van der Waals surface area contributed by atoms with Gasteiger partial charge in [0.15, 0.2) is 0 Å². The first kappa shape index (κ1) is 22.7. The Morgan fingerprint density at radius 2 is 1.30 bits per heavy atom. The van der Waals surface area contributed by atoms with Crippen LogP contribution in [0.1, 0.15) is 0 Å². The first-order valence-corrected chi connectivity index (χ1v) is 14.3. The lowest BCUT2D eigenvalue weighted by Gasteiger charge is -2.26. The summed E-state index contributed by atoms with van der Waals surface area (Å²) < 4.78 is 8.54. The van der Waals surface area contributed by atoms with Crippen molar-refractivity contribution in [3.8, 4) is 39.6 Å². The first-order valence-electron chi connectivity index (χ1n) is 14.3. The molecule has 43 heavy (non-hydrogen) atoms. The molecule has 200 valence electrons. The van der Waals surface area contributed by atoms with Crippen LogP contribution in [-0.4, -0.2) is 19.5 Å². The highest BCUT2D eigenvalue weighted by molar-refractivity contribution is 6.09. The van der Waals surface area contributed by atoms with Gasteiger partial charge < -0.3 is 4.74 Å². The second kappa shape index (κ2) is 8.27. The molecule has 0 fully saturated rings. The lowest BCUT2D eigenvalue weighted by Crippen LogP contribution is -2.18. The highest BCUT2D eigenvalue weighted by atomic mass is 16.5. The fourth-order valence-corrected chi connectivity index (χ4v) is 6.69. The number of fused-ring (bicyclic) bond motifs is 11. The van der Waals surface area contributed by atoms with Gasteiger partial charge in [-0.2, -0.15) is 0 Å². The lowest BCUT2D eigenvalue weighted by molar-refractivity contribution is 0.486. The molecule has 2 aliphatic heterocycles. The first-order chi connectivity index (χ1) is 21.3. The highest BCUT2D eigenvalue weighted by Gasteiger charge is 2.33. The number of rotatable bonds is 1. The van der Waals surface area contributed by atoms with Crippen LogP contribution in [0.5, 0.6) is 11.5 Å². The second-order valence-corrected chi connectivity index (χ2v) is 10.9. The van der Waals surface area contributed by atoms with Crippen molar-refractivity contribution in [2.24, 2.45) is 0 Å². The van der Waals surface area contributed by atoms with E-state index in [0.717, 1.165) is 83.9 Å². The molecule has 0 atom stereocenters. The number of hydrogen-bond donors (Lipinski definition) is 0. The molecule has 0 spiro atoms. The van der Waals surface area contributed by atoms with Crippen LogP contribution in [0, 0.1) is 0 Å². The Labute approximate surface area is 246 Å². The highest BCUT2D eigenvalue weighted by Crippen LogP contribution is 2.51. The molecule has 0 saturated heterocycles. The summed E-state index contributed by atoms with van der Waals surface area (Å²) in [4.78, 5) is 18.0. The maximum atomic E-state index is 6.30. The predicted octanol–water partition coefficient (Wildman–Crippen LogP) is 9.34. The van der Waals surface area contributed by atoms with E-state index < -0.39 is 0 Å². The topological polar surface area (TPSA) is 56.1 Å². The van der Waals surface area contributed by atoms with E-state index in [1.807, 2.05) is 42.5 Å². The van der Waals surface area contributed by atoms with Gasteiger partial charge in [-0.1, -0.05) is 84.9 Å². The van der Waals surface area contributed by atoms with Crippen molar-refractivity contribution in [3.63, 3.8) is 0 Å². The fraction of sp³-hybridized carbons (Fsp3) is 0. The minimum Gasteiger partial charge on any atom is -0.456 e. The summed E-state index contributed by atoms with van der Waals surface area (Å²) in [6.45, 7) is 0. The Morgan fingerprint density at radius 3 is 2.28 bits per heavy atom. The van der Waals surface area contributed by atoms with Gasteiger partial charge in [-0.05, 0) is 47.9 Å². The average molecular weight is 552 g/mol. The number of aromatic nitrogens is 4. The van der Waals surface area contributed by atoms with Crippen molar-refractivity contribution in [1.29, 1.82) is 0 Å². The molecule has 8 aromatic rings. The average Bonchev–Trinajstić information content (AvgIpc) is 3.38. The maximum Gasteiger partial charge on any atom is 0.238 e. The van der Waals surface area contributed by atoms with Gasteiger partial charge >= 0.3 is 0 Å². The predicted molar refractivity (Wildman–Crippen MR) is 171 cm³/mol. The standard InChI is InChI=1S/C37H21N5O/c1-2-11-23-22(10-1)20-21-25-24-12-3-6-16-29(24)41-30-17-7-5-14-27(30)39-37(41)42(35(23)25)36-38-28-15-9-19-32-33(28)34(40-36)26-13-4-8-18-31(26)43-32/h1-21H. The largest absolute Gasteiger partial charge is 0.456 e. The molecule has 2 aromatic heterocycles. The molecule has 2 aliphatic rings. The zero-order valence-corrected chi connectivity index (χ0v) is 22.8. The van der Waals surface area contributed by atoms with Crippen LogP contribution in [-0.2, 0) is 0 Å². The van der Waals surface area contributed by atoms with Gasteiger partial charge in [-0.15, -0.1) is 0 Å². The molecule has 6 nitrogen and oxygen atoms in total. The van der Waals surface area contributed by atoms with E-state index in [4.69, 9.17) is 19.7 Å². The summed E-state index contributed by atoms with van der Waals surface area (Å²) in [5, 5.41) is 3.15. The molecular formula is C37H21N5O.